The fourth-order valence-corrected chi connectivity index (χ4v) is 2.33. The number of nitrogens with two attached hydrogens (primary N) is 1. The molecule has 2 nitrogen and oxygen atoms in total. The van der Waals surface area contributed by atoms with Gasteiger partial charge in [-0.2, -0.15) is 0 Å². The summed E-state index contributed by atoms with van der Waals surface area (Å²) in [5.74, 6) is 0.646. The van der Waals surface area contributed by atoms with E-state index in [9.17, 15) is 0 Å². The van der Waals surface area contributed by atoms with Crippen LogP contribution in [0.4, 0.5) is 0 Å². The van der Waals surface area contributed by atoms with Crippen molar-refractivity contribution in [3.05, 3.63) is 35.4 Å². The molecule has 15 heavy (non-hydrogen) atoms. The Kier molecular flexibility index (Phi) is 3.39. The van der Waals surface area contributed by atoms with Crippen molar-refractivity contribution in [1.29, 1.82) is 0 Å². The number of aryl methyl sites for hydroxylation is 1. The highest BCUT2D eigenvalue weighted by Crippen LogP contribution is 2.17. The Hall–Kier alpha value is -0.860. The Morgan fingerprint density at radius 1 is 1.47 bits per heavy atom. The molecule has 0 spiro atoms. The van der Waals surface area contributed by atoms with Crippen molar-refractivity contribution in [2.45, 2.75) is 25.8 Å². The predicted octanol–water partition coefficient (Wildman–Crippen LogP) is 1.47. The monoisotopic (exact) mass is 204 g/mol. The SMILES string of the molecule is Cc1cccc(CC2CCNCC2N)c1. The third-order valence-corrected chi connectivity index (χ3v) is 3.26. The Balaban J connectivity index is 2.01. The van der Waals surface area contributed by atoms with E-state index < -0.39 is 0 Å². The molecule has 1 aromatic rings. The summed E-state index contributed by atoms with van der Waals surface area (Å²) >= 11 is 0. The molecule has 2 unspecified atom stereocenters. The molecule has 1 aliphatic heterocycles. The average molecular weight is 204 g/mol. The Bertz CT molecular complexity index is 322. The van der Waals surface area contributed by atoms with Crippen molar-refractivity contribution in [3.63, 3.8) is 0 Å². The maximum Gasteiger partial charge on any atom is 0.0197 e. The summed E-state index contributed by atoms with van der Waals surface area (Å²) in [7, 11) is 0. The lowest BCUT2D eigenvalue weighted by Crippen LogP contribution is -2.46. The Morgan fingerprint density at radius 2 is 2.33 bits per heavy atom. The molecule has 0 aromatic heterocycles. The van der Waals surface area contributed by atoms with Crippen LogP contribution in [0.1, 0.15) is 17.5 Å². The van der Waals surface area contributed by atoms with Crippen LogP contribution in [-0.2, 0) is 6.42 Å². The lowest BCUT2D eigenvalue weighted by Gasteiger charge is -2.29. The average Bonchev–Trinajstić information content (AvgIpc) is 2.22. The van der Waals surface area contributed by atoms with Crippen molar-refractivity contribution >= 4 is 0 Å². The quantitative estimate of drug-likeness (QED) is 0.765. The van der Waals surface area contributed by atoms with Gasteiger partial charge in [0, 0.05) is 12.6 Å². The zero-order valence-corrected chi connectivity index (χ0v) is 9.37. The molecule has 1 aliphatic rings. The molecule has 2 rings (SSSR count). The molecular weight excluding hydrogens is 184 g/mol. The highest BCUT2D eigenvalue weighted by molar-refractivity contribution is 5.22. The van der Waals surface area contributed by atoms with Gasteiger partial charge in [0.2, 0.25) is 0 Å². The van der Waals surface area contributed by atoms with Crippen molar-refractivity contribution in [2.24, 2.45) is 11.7 Å². The molecule has 1 aromatic carbocycles. The van der Waals surface area contributed by atoms with Gasteiger partial charge in [0.1, 0.15) is 0 Å². The number of nitrogens with one attached hydrogen (secondary N) is 1. The maximum absolute atomic E-state index is 6.10. The highest BCUT2D eigenvalue weighted by atomic mass is 14.9. The summed E-state index contributed by atoms with van der Waals surface area (Å²) in [6, 6.07) is 9.08. The molecule has 0 amide bonds. The zero-order valence-electron chi connectivity index (χ0n) is 9.37. The van der Waals surface area contributed by atoms with Gasteiger partial charge < -0.3 is 11.1 Å². The van der Waals surface area contributed by atoms with E-state index in [1.165, 1.54) is 17.5 Å². The molecular formula is C13H20N2. The topological polar surface area (TPSA) is 38.0 Å². The summed E-state index contributed by atoms with van der Waals surface area (Å²) in [6.07, 6.45) is 2.33. The van der Waals surface area contributed by atoms with Crippen LogP contribution >= 0.6 is 0 Å². The van der Waals surface area contributed by atoms with E-state index in [0.717, 1.165) is 19.5 Å². The minimum atomic E-state index is 0.319. The van der Waals surface area contributed by atoms with Crippen LogP contribution in [0, 0.1) is 12.8 Å². The van der Waals surface area contributed by atoms with Crippen molar-refractivity contribution < 1.29 is 0 Å². The van der Waals surface area contributed by atoms with E-state index in [1.807, 2.05) is 0 Å². The Morgan fingerprint density at radius 3 is 3.07 bits per heavy atom. The summed E-state index contributed by atoms with van der Waals surface area (Å²) in [5, 5.41) is 3.34. The van der Waals surface area contributed by atoms with Crippen LogP contribution in [0.5, 0.6) is 0 Å². The third kappa shape index (κ3) is 2.80. The normalized spacial score (nSPS) is 26.5. The van der Waals surface area contributed by atoms with Gasteiger partial charge in [-0.25, -0.2) is 0 Å². The largest absolute Gasteiger partial charge is 0.326 e. The molecule has 3 N–H and O–H groups in total. The number of piperidine rings is 1. The minimum Gasteiger partial charge on any atom is -0.326 e. The van der Waals surface area contributed by atoms with Crippen LogP contribution in [0.15, 0.2) is 24.3 Å². The second-order valence-electron chi connectivity index (χ2n) is 4.61. The molecule has 82 valence electrons. The zero-order chi connectivity index (χ0) is 10.7. The number of benzene rings is 1. The van der Waals surface area contributed by atoms with E-state index in [2.05, 4.69) is 36.5 Å². The van der Waals surface area contributed by atoms with Crippen molar-refractivity contribution in [3.8, 4) is 0 Å². The van der Waals surface area contributed by atoms with Gasteiger partial charge in [-0.05, 0) is 37.8 Å². The van der Waals surface area contributed by atoms with Crippen molar-refractivity contribution in [2.75, 3.05) is 13.1 Å². The number of hydrogen-bond acceptors (Lipinski definition) is 2. The van der Waals surface area contributed by atoms with E-state index in [-0.39, 0.29) is 0 Å². The molecule has 1 saturated heterocycles. The lowest BCUT2D eigenvalue weighted by molar-refractivity contribution is 0.322. The molecule has 0 aliphatic carbocycles. The summed E-state index contributed by atoms with van der Waals surface area (Å²) in [5.41, 5.74) is 8.87. The smallest absolute Gasteiger partial charge is 0.0197 e. The summed E-state index contributed by atoms with van der Waals surface area (Å²) in [4.78, 5) is 0. The Labute approximate surface area is 91.9 Å². The van der Waals surface area contributed by atoms with E-state index in [1.54, 1.807) is 0 Å². The second-order valence-corrected chi connectivity index (χ2v) is 4.61. The van der Waals surface area contributed by atoms with Gasteiger partial charge >= 0.3 is 0 Å². The first-order valence-corrected chi connectivity index (χ1v) is 5.77. The standard InChI is InChI=1S/C13H20N2/c1-10-3-2-4-11(7-10)8-12-5-6-15-9-13(12)14/h2-4,7,12-13,15H,5-6,8-9,14H2,1H3. The summed E-state index contributed by atoms with van der Waals surface area (Å²) < 4.78 is 0. The van der Waals surface area contributed by atoms with Gasteiger partial charge in [0.15, 0.2) is 0 Å². The van der Waals surface area contributed by atoms with Crippen LogP contribution in [0.2, 0.25) is 0 Å². The molecule has 2 atom stereocenters. The second kappa shape index (κ2) is 4.77. The number of rotatable bonds is 2. The van der Waals surface area contributed by atoms with E-state index in [0.29, 0.717) is 12.0 Å². The van der Waals surface area contributed by atoms with Gasteiger partial charge in [-0.3, -0.25) is 0 Å². The lowest BCUT2D eigenvalue weighted by atomic mass is 9.87. The van der Waals surface area contributed by atoms with Gasteiger partial charge in [-0.1, -0.05) is 29.8 Å². The van der Waals surface area contributed by atoms with Gasteiger partial charge in [0.05, 0.1) is 0 Å². The fourth-order valence-electron chi connectivity index (χ4n) is 2.33. The van der Waals surface area contributed by atoms with Gasteiger partial charge in [0.25, 0.3) is 0 Å². The predicted molar refractivity (Wildman–Crippen MR) is 63.8 cm³/mol. The van der Waals surface area contributed by atoms with Crippen LogP contribution in [0.3, 0.4) is 0 Å². The first kappa shape index (κ1) is 10.7. The molecule has 1 heterocycles. The third-order valence-electron chi connectivity index (χ3n) is 3.26. The molecule has 2 heteroatoms. The van der Waals surface area contributed by atoms with Crippen LogP contribution in [0.25, 0.3) is 0 Å². The van der Waals surface area contributed by atoms with Crippen LogP contribution < -0.4 is 11.1 Å². The molecule has 0 bridgehead atoms. The van der Waals surface area contributed by atoms with E-state index in [4.69, 9.17) is 5.73 Å². The fraction of sp³-hybridized carbons (Fsp3) is 0.538. The first-order chi connectivity index (χ1) is 7.25. The van der Waals surface area contributed by atoms with Crippen LogP contribution in [-0.4, -0.2) is 19.1 Å². The maximum atomic E-state index is 6.10. The first-order valence-electron chi connectivity index (χ1n) is 5.77. The van der Waals surface area contributed by atoms with E-state index >= 15 is 0 Å². The molecule has 0 saturated carbocycles. The van der Waals surface area contributed by atoms with Crippen molar-refractivity contribution in [1.82, 2.24) is 5.32 Å². The summed E-state index contributed by atoms with van der Waals surface area (Å²) in [6.45, 7) is 4.23. The minimum absolute atomic E-state index is 0.319. The molecule has 1 fully saturated rings. The van der Waals surface area contributed by atoms with Gasteiger partial charge in [-0.15, -0.1) is 0 Å². The highest BCUT2D eigenvalue weighted by Gasteiger charge is 2.21. The molecule has 0 radical (unpaired) electrons. The number of hydrogen-bond donors (Lipinski definition) is 2.